The van der Waals surface area contributed by atoms with Gasteiger partial charge in [-0.25, -0.2) is 4.79 Å². The molecule has 23 heavy (non-hydrogen) atoms. The van der Waals surface area contributed by atoms with Crippen LogP contribution in [0.2, 0.25) is 0 Å². The number of amides is 1. The SMILES string of the molecule is CC(C(=O)O)N1CNC(c2ccccc2)(c2ccccc2)C1=O. The highest BCUT2D eigenvalue weighted by atomic mass is 16.4. The first kappa shape index (κ1) is 15.2. The van der Waals surface area contributed by atoms with Crippen LogP contribution in [0.25, 0.3) is 0 Å². The minimum atomic E-state index is -1.05. The first-order chi connectivity index (χ1) is 11.1. The van der Waals surface area contributed by atoms with Crippen molar-refractivity contribution >= 4 is 11.9 Å². The fraction of sp³-hybridized carbons (Fsp3) is 0.222. The standard InChI is InChI=1S/C18H18N2O3/c1-13(16(21)22)20-12-19-18(17(20)23,14-8-4-2-5-9-14)15-10-6-3-7-11-15/h2-11,13,19H,12H2,1H3,(H,21,22). The lowest BCUT2D eigenvalue weighted by Crippen LogP contribution is -2.47. The van der Waals surface area contributed by atoms with Crippen LogP contribution in [0.3, 0.4) is 0 Å². The zero-order chi connectivity index (χ0) is 16.4. The van der Waals surface area contributed by atoms with E-state index >= 15 is 0 Å². The fourth-order valence-corrected chi connectivity index (χ4v) is 3.01. The Kier molecular flexibility index (Phi) is 3.88. The molecule has 0 saturated carbocycles. The largest absolute Gasteiger partial charge is 0.480 e. The quantitative estimate of drug-likeness (QED) is 0.903. The van der Waals surface area contributed by atoms with E-state index in [9.17, 15) is 14.7 Å². The zero-order valence-corrected chi connectivity index (χ0v) is 12.8. The summed E-state index contributed by atoms with van der Waals surface area (Å²) in [5.41, 5.74) is 0.555. The van der Waals surface area contributed by atoms with Crippen LogP contribution in [0.15, 0.2) is 60.7 Å². The summed E-state index contributed by atoms with van der Waals surface area (Å²) < 4.78 is 0. The number of hydrogen-bond acceptors (Lipinski definition) is 3. The molecule has 0 aliphatic carbocycles. The van der Waals surface area contributed by atoms with Gasteiger partial charge in [-0.2, -0.15) is 0 Å². The number of carbonyl (C=O) groups excluding carboxylic acids is 1. The van der Waals surface area contributed by atoms with Crippen LogP contribution in [-0.4, -0.2) is 34.6 Å². The summed E-state index contributed by atoms with van der Waals surface area (Å²) in [6.45, 7) is 1.71. The van der Waals surface area contributed by atoms with Gasteiger partial charge in [0.2, 0.25) is 0 Å². The van der Waals surface area contributed by atoms with Gasteiger partial charge in [0, 0.05) is 0 Å². The minimum absolute atomic E-state index is 0.191. The van der Waals surface area contributed by atoms with E-state index in [2.05, 4.69) is 5.32 Å². The lowest BCUT2D eigenvalue weighted by atomic mass is 9.82. The molecule has 1 aliphatic rings. The molecule has 5 nitrogen and oxygen atoms in total. The number of nitrogens with one attached hydrogen (secondary N) is 1. The predicted molar refractivity (Wildman–Crippen MR) is 85.6 cm³/mol. The molecule has 118 valence electrons. The van der Waals surface area contributed by atoms with Crippen molar-refractivity contribution < 1.29 is 14.7 Å². The van der Waals surface area contributed by atoms with Crippen LogP contribution in [0, 0.1) is 0 Å². The number of aliphatic carboxylic acids is 1. The molecule has 2 aromatic rings. The monoisotopic (exact) mass is 310 g/mol. The van der Waals surface area contributed by atoms with Gasteiger partial charge >= 0.3 is 5.97 Å². The summed E-state index contributed by atoms with van der Waals surface area (Å²) in [6.07, 6.45) is 0. The summed E-state index contributed by atoms with van der Waals surface area (Å²) in [5, 5.41) is 12.5. The minimum Gasteiger partial charge on any atom is -0.480 e. The highest BCUT2D eigenvalue weighted by molar-refractivity contribution is 5.95. The summed E-state index contributed by atoms with van der Waals surface area (Å²) in [7, 11) is 0. The molecule has 0 aromatic heterocycles. The maximum absolute atomic E-state index is 13.2. The Morgan fingerprint density at radius 2 is 1.57 bits per heavy atom. The molecule has 2 N–H and O–H groups in total. The van der Waals surface area contributed by atoms with Crippen LogP contribution in [0.4, 0.5) is 0 Å². The number of carbonyl (C=O) groups is 2. The summed E-state index contributed by atoms with van der Waals surface area (Å²) >= 11 is 0. The van der Waals surface area contributed by atoms with Gasteiger partial charge in [0.1, 0.15) is 6.04 Å². The van der Waals surface area contributed by atoms with Crippen molar-refractivity contribution in [3.8, 4) is 0 Å². The number of hydrogen-bond donors (Lipinski definition) is 2. The number of rotatable bonds is 4. The van der Waals surface area contributed by atoms with Gasteiger partial charge in [0.15, 0.2) is 5.54 Å². The maximum Gasteiger partial charge on any atom is 0.326 e. The van der Waals surface area contributed by atoms with Gasteiger partial charge < -0.3 is 10.0 Å². The van der Waals surface area contributed by atoms with E-state index in [1.54, 1.807) is 0 Å². The molecule has 1 heterocycles. The molecule has 3 rings (SSSR count). The van der Waals surface area contributed by atoms with E-state index < -0.39 is 17.6 Å². The second kappa shape index (κ2) is 5.85. The smallest absolute Gasteiger partial charge is 0.326 e. The fourth-order valence-electron chi connectivity index (χ4n) is 3.01. The van der Waals surface area contributed by atoms with E-state index in [0.29, 0.717) is 0 Å². The normalized spacial score (nSPS) is 18.0. The molecular weight excluding hydrogens is 292 g/mol. The number of carboxylic acids is 1. The third-order valence-electron chi connectivity index (χ3n) is 4.33. The van der Waals surface area contributed by atoms with Gasteiger partial charge in [-0.15, -0.1) is 0 Å². The molecule has 2 aromatic carbocycles. The van der Waals surface area contributed by atoms with Crippen molar-refractivity contribution in [2.24, 2.45) is 0 Å². The summed E-state index contributed by atoms with van der Waals surface area (Å²) in [6, 6.07) is 17.9. The molecule has 1 unspecified atom stereocenters. The summed E-state index contributed by atoms with van der Waals surface area (Å²) in [5.74, 6) is -1.26. The number of nitrogens with zero attached hydrogens (tertiary/aromatic N) is 1. The average molecular weight is 310 g/mol. The Bertz CT molecular complexity index is 676. The number of carboxylic acid groups (broad SMARTS) is 1. The van der Waals surface area contributed by atoms with Crippen molar-refractivity contribution in [2.75, 3.05) is 6.67 Å². The molecule has 0 spiro atoms. The van der Waals surface area contributed by atoms with Crippen molar-refractivity contribution in [3.05, 3.63) is 71.8 Å². The molecule has 1 saturated heterocycles. The van der Waals surface area contributed by atoms with E-state index in [-0.39, 0.29) is 12.6 Å². The van der Waals surface area contributed by atoms with E-state index in [1.807, 2.05) is 60.7 Å². The van der Waals surface area contributed by atoms with Crippen LogP contribution >= 0.6 is 0 Å². The summed E-state index contributed by atoms with van der Waals surface area (Å²) in [4.78, 5) is 25.8. The van der Waals surface area contributed by atoms with Crippen molar-refractivity contribution in [1.82, 2.24) is 10.2 Å². The van der Waals surface area contributed by atoms with Crippen LogP contribution < -0.4 is 5.32 Å². The topological polar surface area (TPSA) is 69.6 Å². The predicted octanol–water partition coefficient (Wildman–Crippen LogP) is 1.79. The van der Waals surface area contributed by atoms with Gasteiger partial charge in [-0.3, -0.25) is 10.1 Å². The molecule has 1 fully saturated rings. The van der Waals surface area contributed by atoms with E-state index in [1.165, 1.54) is 11.8 Å². The zero-order valence-electron chi connectivity index (χ0n) is 12.8. The first-order valence-corrected chi connectivity index (χ1v) is 7.47. The molecule has 1 atom stereocenters. The van der Waals surface area contributed by atoms with Gasteiger partial charge in [-0.05, 0) is 18.1 Å². The third-order valence-corrected chi connectivity index (χ3v) is 4.33. The first-order valence-electron chi connectivity index (χ1n) is 7.47. The molecule has 5 heteroatoms. The highest BCUT2D eigenvalue weighted by Gasteiger charge is 2.51. The lowest BCUT2D eigenvalue weighted by Gasteiger charge is -2.29. The second-order valence-corrected chi connectivity index (χ2v) is 5.61. The van der Waals surface area contributed by atoms with Crippen LogP contribution in [0.5, 0.6) is 0 Å². The van der Waals surface area contributed by atoms with Crippen molar-refractivity contribution in [3.63, 3.8) is 0 Å². The molecule has 0 radical (unpaired) electrons. The van der Waals surface area contributed by atoms with Gasteiger partial charge in [0.25, 0.3) is 5.91 Å². The highest BCUT2D eigenvalue weighted by Crippen LogP contribution is 2.35. The number of benzene rings is 2. The Labute approximate surface area is 134 Å². The van der Waals surface area contributed by atoms with Crippen molar-refractivity contribution in [1.29, 1.82) is 0 Å². The Hall–Kier alpha value is -2.66. The molecule has 0 bridgehead atoms. The Morgan fingerprint density at radius 3 is 2.00 bits per heavy atom. The second-order valence-electron chi connectivity index (χ2n) is 5.61. The van der Waals surface area contributed by atoms with E-state index in [4.69, 9.17) is 0 Å². The molecule has 1 amide bonds. The average Bonchev–Trinajstić information content (AvgIpc) is 2.94. The van der Waals surface area contributed by atoms with Gasteiger partial charge in [-0.1, -0.05) is 60.7 Å². The lowest BCUT2D eigenvalue weighted by molar-refractivity contribution is -0.148. The molecular formula is C18H18N2O3. The molecule has 1 aliphatic heterocycles. The van der Waals surface area contributed by atoms with Crippen molar-refractivity contribution in [2.45, 2.75) is 18.5 Å². The Morgan fingerprint density at radius 1 is 1.09 bits per heavy atom. The maximum atomic E-state index is 13.2. The third kappa shape index (κ3) is 2.39. The van der Waals surface area contributed by atoms with E-state index in [0.717, 1.165) is 11.1 Å². The Balaban J connectivity index is 2.12. The van der Waals surface area contributed by atoms with Gasteiger partial charge in [0.05, 0.1) is 6.67 Å². The van der Waals surface area contributed by atoms with Crippen LogP contribution in [-0.2, 0) is 15.1 Å². The van der Waals surface area contributed by atoms with Crippen LogP contribution in [0.1, 0.15) is 18.1 Å².